The summed E-state index contributed by atoms with van der Waals surface area (Å²) >= 11 is 11.6. The molecule has 1 amide bonds. The van der Waals surface area contributed by atoms with Gasteiger partial charge in [0.1, 0.15) is 0 Å². The van der Waals surface area contributed by atoms with Crippen molar-refractivity contribution in [3.63, 3.8) is 0 Å². The van der Waals surface area contributed by atoms with Crippen molar-refractivity contribution in [1.29, 1.82) is 0 Å². The van der Waals surface area contributed by atoms with E-state index in [0.717, 1.165) is 17.7 Å². The van der Waals surface area contributed by atoms with Crippen LogP contribution in [0.25, 0.3) is 0 Å². The number of likely N-dealkylation sites (N-methyl/N-ethyl adjacent to an activating group) is 1. The second kappa shape index (κ2) is 6.42. The van der Waals surface area contributed by atoms with E-state index in [1.165, 1.54) is 4.90 Å². The lowest BCUT2D eigenvalue weighted by Gasteiger charge is -2.15. The Morgan fingerprint density at radius 1 is 1.28 bits per heavy atom. The lowest BCUT2D eigenvalue weighted by molar-refractivity contribution is -0.132. The van der Waals surface area contributed by atoms with Crippen molar-refractivity contribution < 1.29 is 14.7 Å². The van der Waals surface area contributed by atoms with Gasteiger partial charge in [-0.3, -0.25) is 4.79 Å². The number of rotatable bonds is 4. The van der Waals surface area contributed by atoms with Crippen LogP contribution in [-0.2, 0) is 16.1 Å². The van der Waals surface area contributed by atoms with Crippen molar-refractivity contribution in [3.05, 3.63) is 46.0 Å². The molecule has 1 rings (SSSR count). The second-order valence-corrected chi connectivity index (χ2v) is 4.43. The van der Waals surface area contributed by atoms with E-state index in [0.29, 0.717) is 16.6 Å². The van der Waals surface area contributed by atoms with Gasteiger partial charge in [-0.15, -0.1) is 0 Å². The topological polar surface area (TPSA) is 57.6 Å². The molecule has 6 heteroatoms. The molecule has 0 unspecified atom stereocenters. The average molecular weight is 288 g/mol. The van der Waals surface area contributed by atoms with Crippen molar-refractivity contribution in [2.45, 2.75) is 6.54 Å². The minimum Gasteiger partial charge on any atom is -0.478 e. The Morgan fingerprint density at radius 2 is 1.94 bits per heavy atom. The highest BCUT2D eigenvalue weighted by molar-refractivity contribution is 6.42. The van der Waals surface area contributed by atoms with Gasteiger partial charge in [0.25, 0.3) is 0 Å². The zero-order chi connectivity index (χ0) is 13.7. The Kier molecular flexibility index (Phi) is 5.19. The van der Waals surface area contributed by atoms with Crippen LogP contribution in [0.4, 0.5) is 0 Å². The zero-order valence-corrected chi connectivity index (χ0v) is 11.1. The molecular formula is C12H11Cl2NO3. The molecule has 0 saturated carbocycles. The number of carboxylic acid groups (broad SMARTS) is 1. The van der Waals surface area contributed by atoms with Gasteiger partial charge in [-0.2, -0.15) is 0 Å². The van der Waals surface area contributed by atoms with Gasteiger partial charge in [0.2, 0.25) is 5.91 Å². The Labute approximate surface area is 114 Å². The van der Waals surface area contributed by atoms with E-state index in [2.05, 4.69) is 0 Å². The molecule has 0 heterocycles. The predicted octanol–water partition coefficient (Wildman–Crippen LogP) is 2.59. The lowest BCUT2D eigenvalue weighted by atomic mass is 10.2. The largest absolute Gasteiger partial charge is 0.478 e. The third-order valence-electron chi connectivity index (χ3n) is 2.15. The molecule has 0 radical (unpaired) electrons. The van der Waals surface area contributed by atoms with E-state index in [4.69, 9.17) is 28.3 Å². The highest BCUT2D eigenvalue weighted by Crippen LogP contribution is 2.23. The van der Waals surface area contributed by atoms with Crippen LogP contribution in [0.15, 0.2) is 30.4 Å². The summed E-state index contributed by atoms with van der Waals surface area (Å²) in [7, 11) is 1.57. The summed E-state index contributed by atoms with van der Waals surface area (Å²) < 4.78 is 0. The first kappa shape index (κ1) is 14.5. The summed E-state index contributed by atoms with van der Waals surface area (Å²) in [6, 6.07) is 5.05. The standard InChI is InChI=1S/C12H11Cl2NO3/c1-15(11(16)4-5-12(17)18)7-8-2-3-9(13)10(14)6-8/h2-6H,7H2,1H3,(H,17,18)/b5-4+. The van der Waals surface area contributed by atoms with Crippen molar-refractivity contribution in [2.75, 3.05) is 7.05 Å². The van der Waals surface area contributed by atoms with Crippen LogP contribution < -0.4 is 0 Å². The van der Waals surface area contributed by atoms with Gasteiger partial charge in [0.15, 0.2) is 0 Å². The zero-order valence-electron chi connectivity index (χ0n) is 9.56. The molecule has 0 aliphatic heterocycles. The molecule has 0 bridgehead atoms. The van der Waals surface area contributed by atoms with Gasteiger partial charge >= 0.3 is 5.97 Å². The first-order valence-corrected chi connectivity index (χ1v) is 5.76. The number of amides is 1. The van der Waals surface area contributed by atoms with E-state index in [-0.39, 0.29) is 0 Å². The number of nitrogens with zero attached hydrogens (tertiary/aromatic N) is 1. The molecule has 0 fully saturated rings. The van der Waals surface area contributed by atoms with E-state index in [1.54, 1.807) is 25.2 Å². The van der Waals surface area contributed by atoms with Crippen molar-refractivity contribution >= 4 is 35.1 Å². The number of carbonyl (C=O) groups is 2. The summed E-state index contributed by atoms with van der Waals surface area (Å²) in [6.45, 7) is 0.319. The number of carbonyl (C=O) groups excluding carboxylic acids is 1. The van der Waals surface area contributed by atoms with Crippen molar-refractivity contribution in [3.8, 4) is 0 Å². The molecular weight excluding hydrogens is 277 g/mol. The van der Waals surface area contributed by atoms with Crippen LogP contribution in [0, 0.1) is 0 Å². The molecule has 0 spiro atoms. The maximum atomic E-state index is 11.5. The van der Waals surface area contributed by atoms with Crippen LogP contribution >= 0.6 is 23.2 Å². The summed E-state index contributed by atoms with van der Waals surface area (Å²) in [5.74, 6) is -1.56. The van der Waals surface area contributed by atoms with Crippen LogP contribution in [0.5, 0.6) is 0 Å². The van der Waals surface area contributed by atoms with Gasteiger partial charge in [0, 0.05) is 25.7 Å². The number of benzene rings is 1. The normalized spacial score (nSPS) is 10.6. The number of carboxylic acids is 1. The fourth-order valence-corrected chi connectivity index (χ4v) is 1.58. The molecule has 0 atom stereocenters. The molecule has 18 heavy (non-hydrogen) atoms. The van der Waals surface area contributed by atoms with Gasteiger partial charge < -0.3 is 10.0 Å². The maximum Gasteiger partial charge on any atom is 0.328 e. The predicted molar refractivity (Wildman–Crippen MR) is 69.7 cm³/mol. The van der Waals surface area contributed by atoms with E-state index >= 15 is 0 Å². The highest BCUT2D eigenvalue weighted by Gasteiger charge is 2.07. The molecule has 1 N–H and O–H groups in total. The van der Waals surface area contributed by atoms with Gasteiger partial charge in [-0.05, 0) is 17.7 Å². The quantitative estimate of drug-likeness (QED) is 0.866. The summed E-state index contributed by atoms with van der Waals surface area (Å²) in [6.07, 6.45) is 1.80. The average Bonchev–Trinajstić information content (AvgIpc) is 2.30. The van der Waals surface area contributed by atoms with Crippen LogP contribution in [-0.4, -0.2) is 28.9 Å². The minimum atomic E-state index is -1.16. The molecule has 4 nitrogen and oxygen atoms in total. The summed E-state index contributed by atoms with van der Waals surface area (Å²) in [5.41, 5.74) is 0.809. The third-order valence-corrected chi connectivity index (χ3v) is 2.89. The maximum absolute atomic E-state index is 11.5. The van der Waals surface area contributed by atoms with Crippen LogP contribution in [0.1, 0.15) is 5.56 Å². The Balaban J connectivity index is 2.69. The number of aliphatic carboxylic acids is 1. The third kappa shape index (κ3) is 4.39. The summed E-state index contributed by atoms with van der Waals surface area (Å²) in [5, 5.41) is 9.27. The molecule has 1 aromatic carbocycles. The lowest BCUT2D eigenvalue weighted by Crippen LogP contribution is -2.24. The first-order valence-electron chi connectivity index (χ1n) is 5.00. The van der Waals surface area contributed by atoms with E-state index in [1.807, 2.05) is 0 Å². The Bertz CT molecular complexity index is 500. The second-order valence-electron chi connectivity index (χ2n) is 3.61. The smallest absolute Gasteiger partial charge is 0.328 e. The first-order chi connectivity index (χ1) is 8.40. The minimum absolute atomic E-state index is 0.319. The van der Waals surface area contributed by atoms with Crippen molar-refractivity contribution in [2.24, 2.45) is 0 Å². The van der Waals surface area contributed by atoms with Crippen molar-refractivity contribution in [1.82, 2.24) is 4.90 Å². The van der Waals surface area contributed by atoms with E-state index in [9.17, 15) is 9.59 Å². The van der Waals surface area contributed by atoms with Gasteiger partial charge in [-0.25, -0.2) is 4.79 Å². The van der Waals surface area contributed by atoms with E-state index < -0.39 is 11.9 Å². The monoisotopic (exact) mass is 287 g/mol. The van der Waals surface area contributed by atoms with Crippen LogP contribution in [0.3, 0.4) is 0 Å². The molecule has 0 aromatic heterocycles. The fraction of sp³-hybridized carbons (Fsp3) is 0.167. The Hall–Kier alpha value is -1.52. The Morgan fingerprint density at radius 3 is 2.50 bits per heavy atom. The molecule has 96 valence electrons. The summed E-state index contributed by atoms with van der Waals surface area (Å²) in [4.78, 5) is 23.2. The SMILES string of the molecule is CN(Cc1ccc(Cl)c(Cl)c1)C(=O)/C=C/C(=O)O. The molecule has 0 aliphatic carbocycles. The number of hydrogen-bond acceptors (Lipinski definition) is 2. The molecule has 0 aliphatic rings. The van der Waals surface area contributed by atoms with Gasteiger partial charge in [-0.1, -0.05) is 29.3 Å². The number of halogens is 2. The number of hydrogen-bond donors (Lipinski definition) is 1. The highest BCUT2D eigenvalue weighted by atomic mass is 35.5. The molecule has 1 aromatic rings. The van der Waals surface area contributed by atoms with Crippen LogP contribution in [0.2, 0.25) is 10.0 Å². The van der Waals surface area contributed by atoms with Gasteiger partial charge in [0.05, 0.1) is 10.0 Å². The fourth-order valence-electron chi connectivity index (χ4n) is 1.26. The molecule has 0 saturated heterocycles.